The number of aryl methyl sites for hydroxylation is 1. The monoisotopic (exact) mass is 359 g/mol. The third-order valence-corrected chi connectivity index (χ3v) is 5.00. The summed E-state index contributed by atoms with van der Waals surface area (Å²) >= 11 is 0. The normalized spacial score (nSPS) is 16.6. The van der Waals surface area contributed by atoms with E-state index < -0.39 is 0 Å². The van der Waals surface area contributed by atoms with Crippen LogP contribution in [0.1, 0.15) is 51.7 Å². The number of nitrogens with zero attached hydrogens (tertiary/aromatic N) is 2. The predicted molar refractivity (Wildman–Crippen MR) is 109 cm³/mol. The Morgan fingerprint density at radius 2 is 1.58 bits per heavy atom. The van der Waals surface area contributed by atoms with Crippen molar-refractivity contribution in [3.05, 3.63) is 35.4 Å². The lowest BCUT2D eigenvalue weighted by Crippen LogP contribution is -2.49. The Bertz CT molecular complexity index is 540. The molecule has 2 rings (SSSR count). The minimum absolute atomic E-state index is 0.161. The lowest BCUT2D eigenvalue weighted by atomic mass is 9.92. The van der Waals surface area contributed by atoms with Crippen LogP contribution in [0.5, 0.6) is 0 Å². The molecule has 1 N–H and O–H groups in total. The van der Waals surface area contributed by atoms with E-state index in [9.17, 15) is 4.79 Å². The number of rotatable bonds is 8. The van der Waals surface area contributed by atoms with Crippen molar-refractivity contribution in [2.24, 2.45) is 5.41 Å². The summed E-state index contributed by atoms with van der Waals surface area (Å²) < 4.78 is 0. The number of amides is 1. The number of piperazine rings is 1. The summed E-state index contributed by atoms with van der Waals surface area (Å²) in [6.45, 7) is 15.2. The number of carbonyl (C=O) groups excluding carboxylic acids is 1. The van der Waals surface area contributed by atoms with Gasteiger partial charge in [0.1, 0.15) is 0 Å². The number of hydrogen-bond donors (Lipinski definition) is 1. The third kappa shape index (κ3) is 7.88. The number of nitrogens with one attached hydrogen (secondary N) is 1. The van der Waals surface area contributed by atoms with Crippen LogP contribution in [0.15, 0.2) is 24.3 Å². The topological polar surface area (TPSA) is 35.6 Å². The van der Waals surface area contributed by atoms with Crippen LogP contribution < -0.4 is 5.32 Å². The summed E-state index contributed by atoms with van der Waals surface area (Å²) in [5, 5.41) is 3.06. The van der Waals surface area contributed by atoms with Crippen molar-refractivity contribution < 1.29 is 4.79 Å². The molecule has 1 aliphatic heterocycles. The van der Waals surface area contributed by atoms with Crippen LogP contribution in [0.25, 0.3) is 0 Å². The fourth-order valence-corrected chi connectivity index (χ4v) is 3.30. The number of benzene rings is 1. The summed E-state index contributed by atoms with van der Waals surface area (Å²) in [6, 6.07) is 9.05. The Kier molecular flexibility index (Phi) is 8.11. The van der Waals surface area contributed by atoms with E-state index in [0.717, 1.165) is 52.1 Å². The molecule has 0 radical (unpaired) electrons. The van der Waals surface area contributed by atoms with E-state index in [0.29, 0.717) is 6.54 Å². The largest absolute Gasteiger partial charge is 0.355 e. The Morgan fingerprint density at radius 3 is 2.15 bits per heavy atom. The molecular formula is C22H37N3O. The molecule has 1 aliphatic rings. The van der Waals surface area contributed by atoms with E-state index in [1.54, 1.807) is 0 Å². The first kappa shape index (κ1) is 20.9. The molecule has 0 saturated carbocycles. The third-order valence-electron chi connectivity index (χ3n) is 5.00. The van der Waals surface area contributed by atoms with E-state index in [-0.39, 0.29) is 11.3 Å². The van der Waals surface area contributed by atoms with Crippen LogP contribution in [0, 0.1) is 5.41 Å². The molecule has 0 spiro atoms. The van der Waals surface area contributed by atoms with Gasteiger partial charge in [0, 0.05) is 39.3 Å². The minimum atomic E-state index is 0.161. The van der Waals surface area contributed by atoms with Crippen LogP contribution in [0.4, 0.5) is 0 Å². The van der Waals surface area contributed by atoms with Gasteiger partial charge in [-0.05, 0) is 29.4 Å². The van der Waals surface area contributed by atoms with Gasteiger partial charge in [0.15, 0.2) is 0 Å². The Balaban J connectivity index is 1.66. The first-order valence-electron chi connectivity index (χ1n) is 10.1. The SMILES string of the molecule is CCCc1ccc(CN2CCN(CC(=O)NCCC(C)(C)C)CC2)cc1. The highest BCUT2D eigenvalue weighted by molar-refractivity contribution is 5.77. The van der Waals surface area contributed by atoms with E-state index >= 15 is 0 Å². The molecule has 1 heterocycles. The highest BCUT2D eigenvalue weighted by atomic mass is 16.2. The molecule has 4 nitrogen and oxygen atoms in total. The average molecular weight is 360 g/mol. The van der Waals surface area contributed by atoms with Gasteiger partial charge in [0.25, 0.3) is 0 Å². The van der Waals surface area contributed by atoms with Crippen molar-refractivity contribution in [2.45, 2.75) is 53.5 Å². The summed E-state index contributed by atoms with van der Waals surface area (Å²) in [6.07, 6.45) is 3.38. The van der Waals surface area contributed by atoms with Crippen LogP contribution in [-0.2, 0) is 17.8 Å². The second kappa shape index (κ2) is 10.1. The van der Waals surface area contributed by atoms with Crippen LogP contribution in [0.3, 0.4) is 0 Å². The quantitative estimate of drug-likeness (QED) is 0.773. The van der Waals surface area contributed by atoms with Crippen molar-refractivity contribution in [1.29, 1.82) is 0 Å². The van der Waals surface area contributed by atoms with Gasteiger partial charge in [0.05, 0.1) is 6.54 Å². The highest BCUT2D eigenvalue weighted by Gasteiger charge is 2.19. The van der Waals surface area contributed by atoms with Crippen LogP contribution in [-0.4, -0.2) is 55.0 Å². The summed E-state index contributed by atoms with van der Waals surface area (Å²) in [7, 11) is 0. The van der Waals surface area contributed by atoms with Crippen molar-refractivity contribution in [3.63, 3.8) is 0 Å². The molecular weight excluding hydrogens is 322 g/mol. The minimum Gasteiger partial charge on any atom is -0.355 e. The molecule has 4 heteroatoms. The van der Waals surface area contributed by atoms with E-state index in [2.05, 4.69) is 67.1 Å². The van der Waals surface area contributed by atoms with E-state index in [1.807, 2.05) is 0 Å². The zero-order valence-corrected chi connectivity index (χ0v) is 17.2. The molecule has 1 saturated heterocycles. The maximum absolute atomic E-state index is 12.1. The van der Waals surface area contributed by atoms with Gasteiger partial charge >= 0.3 is 0 Å². The lowest BCUT2D eigenvalue weighted by molar-refractivity contribution is -0.122. The van der Waals surface area contributed by atoms with E-state index in [1.165, 1.54) is 17.5 Å². The van der Waals surface area contributed by atoms with Gasteiger partial charge in [-0.3, -0.25) is 14.6 Å². The fourth-order valence-electron chi connectivity index (χ4n) is 3.30. The zero-order valence-electron chi connectivity index (χ0n) is 17.2. The molecule has 1 aromatic rings. The number of carbonyl (C=O) groups is 1. The van der Waals surface area contributed by atoms with E-state index in [4.69, 9.17) is 0 Å². The van der Waals surface area contributed by atoms with Gasteiger partial charge in [-0.1, -0.05) is 58.4 Å². The van der Waals surface area contributed by atoms with Crippen molar-refractivity contribution >= 4 is 5.91 Å². The molecule has 0 atom stereocenters. The summed E-state index contributed by atoms with van der Waals surface area (Å²) in [4.78, 5) is 16.8. The number of hydrogen-bond acceptors (Lipinski definition) is 3. The predicted octanol–water partition coefficient (Wildman–Crippen LogP) is 3.31. The van der Waals surface area contributed by atoms with Crippen molar-refractivity contribution in [2.75, 3.05) is 39.3 Å². The van der Waals surface area contributed by atoms with Crippen molar-refractivity contribution in [3.8, 4) is 0 Å². The van der Waals surface area contributed by atoms with Gasteiger partial charge in [-0.2, -0.15) is 0 Å². The Labute approximate surface area is 159 Å². The molecule has 1 aromatic carbocycles. The van der Waals surface area contributed by atoms with Gasteiger partial charge < -0.3 is 5.32 Å². The maximum Gasteiger partial charge on any atom is 0.234 e. The van der Waals surface area contributed by atoms with Crippen LogP contribution >= 0.6 is 0 Å². The van der Waals surface area contributed by atoms with Crippen LogP contribution in [0.2, 0.25) is 0 Å². The molecule has 1 amide bonds. The first-order chi connectivity index (χ1) is 12.4. The summed E-state index contributed by atoms with van der Waals surface area (Å²) in [5.74, 6) is 0.161. The highest BCUT2D eigenvalue weighted by Crippen LogP contribution is 2.17. The molecule has 0 unspecified atom stereocenters. The second-order valence-corrected chi connectivity index (χ2v) is 8.78. The van der Waals surface area contributed by atoms with Crippen molar-refractivity contribution in [1.82, 2.24) is 15.1 Å². The van der Waals surface area contributed by atoms with Gasteiger partial charge in [-0.15, -0.1) is 0 Å². The lowest BCUT2D eigenvalue weighted by Gasteiger charge is -2.34. The molecule has 1 fully saturated rings. The standard InChI is InChI=1S/C22H37N3O/c1-5-6-19-7-9-20(10-8-19)17-24-13-15-25(16-14-24)18-21(26)23-12-11-22(2,3)4/h7-10H,5-6,11-18H2,1-4H3,(H,23,26). The second-order valence-electron chi connectivity index (χ2n) is 8.78. The average Bonchev–Trinajstić information content (AvgIpc) is 2.57. The van der Waals surface area contributed by atoms with Gasteiger partial charge in [-0.25, -0.2) is 0 Å². The molecule has 0 aliphatic carbocycles. The Morgan fingerprint density at radius 1 is 1.00 bits per heavy atom. The molecule has 0 bridgehead atoms. The summed E-state index contributed by atoms with van der Waals surface area (Å²) in [5.41, 5.74) is 3.09. The zero-order chi connectivity index (χ0) is 19.0. The molecule has 0 aromatic heterocycles. The van der Waals surface area contributed by atoms with Gasteiger partial charge in [0.2, 0.25) is 5.91 Å². The Hall–Kier alpha value is -1.39. The maximum atomic E-state index is 12.1. The molecule has 146 valence electrons. The fraction of sp³-hybridized carbons (Fsp3) is 0.682. The smallest absolute Gasteiger partial charge is 0.234 e. The molecule has 26 heavy (non-hydrogen) atoms. The first-order valence-corrected chi connectivity index (χ1v) is 10.1.